The molecule has 0 heterocycles. The summed E-state index contributed by atoms with van der Waals surface area (Å²) in [5.74, 6) is 2.62. The first-order chi connectivity index (χ1) is 8.19. The Morgan fingerprint density at radius 2 is 1.76 bits per heavy atom. The Kier molecular flexibility index (Phi) is 3.96. The predicted molar refractivity (Wildman–Crippen MR) is 75.3 cm³/mol. The van der Waals surface area contributed by atoms with E-state index >= 15 is 0 Å². The van der Waals surface area contributed by atoms with Gasteiger partial charge < -0.3 is 0 Å². The topological polar surface area (TPSA) is 0 Å². The fourth-order valence-electron chi connectivity index (χ4n) is 3.52. The highest BCUT2D eigenvalue weighted by Crippen LogP contribution is 2.50. The molecule has 1 aromatic carbocycles. The van der Waals surface area contributed by atoms with Crippen LogP contribution < -0.4 is 0 Å². The van der Waals surface area contributed by atoms with Crippen molar-refractivity contribution in [3.63, 3.8) is 0 Å². The minimum absolute atomic E-state index is 0.236. The van der Waals surface area contributed by atoms with Gasteiger partial charge in [-0.3, -0.25) is 0 Å². The van der Waals surface area contributed by atoms with E-state index in [0.717, 1.165) is 11.8 Å². The highest BCUT2D eigenvalue weighted by Gasteiger charge is 2.41. The third kappa shape index (κ3) is 2.29. The Morgan fingerprint density at radius 3 is 2.29 bits per heavy atom. The van der Waals surface area contributed by atoms with Crippen molar-refractivity contribution in [1.82, 2.24) is 0 Å². The molecule has 0 bridgehead atoms. The van der Waals surface area contributed by atoms with E-state index in [1.54, 1.807) is 0 Å². The molecule has 1 aromatic rings. The summed E-state index contributed by atoms with van der Waals surface area (Å²) in [5.41, 5.74) is 2.70. The zero-order chi connectivity index (χ0) is 12.4. The van der Waals surface area contributed by atoms with E-state index in [9.17, 15) is 0 Å². The highest BCUT2D eigenvalue weighted by molar-refractivity contribution is 6.12. The van der Waals surface area contributed by atoms with Crippen molar-refractivity contribution in [1.29, 1.82) is 0 Å². The molecular weight excluding hydrogens is 203 g/mol. The van der Waals surface area contributed by atoms with Crippen LogP contribution in [0.1, 0.15) is 50.1 Å². The molecule has 3 atom stereocenters. The molecule has 1 heteroatoms. The van der Waals surface area contributed by atoms with E-state index in [1.807, 2.05) is 0 Å². The van der Waals surface area contributed by atoms with E-state index in [1.165, 1.54) is 30.4 Å². The van der Waals surface area contributed by atoms with E-state index in [2.05, 4.69) is 45.0 Å². The minimum atomic E-state index is 0.236. The van der Waals surface area contributed by atoms with Gasteiger partial charge in [-0.25, -0.2) is 0 Å². The van der Waals surface area contributed by atoms with Gasteiger partial charge in [0.05, 0.1) is 7.85 Å². The molecular formula is C16H23B. The normalized spacial score (nSPS) is 29.7. The molecule has 2 rings (SSSR count). The van der Waals surface area contributed by atoms with Gasteiger partial charge in [0.2, 0.25) is 0 Å². The van der Waals surface area contributed by atoms with Crippen molar-refractivity contribution >= 4 is 7.85 Å². The van der Waals surface area contributed by atoms with E-state index in [4.69, 9.17) is 7.85 Å². The van der Waals surface area contributed by atoms with Crippen molar-refractivity contribution < 1.29 is 0 Å². The lowest BCUT2D eigenvalue weighted by Gasteiger charge is -2.48. The Balaban J connectivity index is 2.18. The number of rotatable bonds is 4. The molecule has 1 aliphatic carbocycles. The number of hydrogen-bond acceptors (Lipinski definition) is 0. The van der Waals surface area contributed by atoms with Crippen LogP contribution in [0.25, 0.3) is 0 Å². The molecule has 0 nitrogen and oxygen atoms in total. The Morgan fingerprint density at radius 1 is 1.18 bits per heavy atom. The van der Waals surface area contributed by atoms with Gasteiger partial charge >= 0.3 is 0 Å². The van der Waals surface area contributed by atoms with Gasteiger partial charge in [-0.2, -0.15) is 0 Å². The largest absolute Gasteiger partial charge is 0.0767 e. The van der Waals surface area contributed by atoms with Gasteiger partial charge in [0, 0.05) is 0 Å². The zero-order valence-electron chi connectivity index (χ0n) is 11.3. The van der Waals surface area contributed by atoms with Crippen LogP contribution in [0.4, 0.5) is 0 Å². The molecule has 1 fully saturated rings. The lowest BCUT2D eigenvalue weighted by atomic mass is 9.52. The molecule has 0 aliphatic heterocycles. The summed E-state index contributed by atoms with van der Waals surface area (Å²) < 4.78 is 0. The quantitative estimate of drug-likeness (QED) is 0.672. The number of hydrogen-bond donors (Lipinski definition) is 0. The smallest absolute Gasteiger partial charge is 0.0651 e. The van der Waals surface area contributed by atoms with Crippen LogP contribution in [0.15, 0.2) is 24.3 Å². The molecule has 0 spiro atoms. The molecule has 2 radical (unpaired) electrons. The lowest BCUT2D eigenvalue weighted by molar-refractivity contribution is 0.0599. The maximum absolute atomic E-state index is 6.53. The molecule has 17 heavy (non-hydrogen) atoms. The summed E-state index contributed by atoms with van der Waals surface area (Å²) in [5, 5.41) is 0. The summed E-state index contributed by atoms with van der Waals surface area (Å²) in [4.78, 5) is 0. The van der Waals surface area contributed by atoms with Gasteiger partial charge in [0.25, 0.3) is 0 Å². The average Bonchev–Trinajstić information content (AvgIpc) is 2.29. The van der Waals surface area contributed by atoms with Gasteiger partial charge in [-0.1, -0.05) is 56.5 Å². The predicted octanol–water partition coefficient (Wildman–Crippen LogP) is 4.28. The first-order valence-corrected chi connectivity index (χ1v) is 7.00. The fourth-order valence-corrected chi connectivity index (χ4v) is 3.52. The molecule has 1 saturated carbocycles. The van der Waals surface area contributed by atoms with Crippen LogP contribution in [-0.4, -0.2) is 7.85 Å². The standard InChI is InChI=1S/C16H23B/c1-4-12-10-13(5-2)15(12)16(17)14-9-7-6-8-11(14)3/h6-9,12-13,15-16H,4-5,10H2,1-3H3. The maximum atomic E-state index is 6.53. The van der Waals surface area contributed by atoms with Crippen LogP contribution in [0.3, 0.4) is 0 Å². The fraction of sp³-hybridized carbons (Fsp3) is 0.625. The Hall–Kier alpha value is -0.715. The van der Waals surface area contributed by atoms with Crippen LogP contribution in [0.5, 0.6) is 0 Å². The van der Waals surface area contributed by atoms with Crippen molar-refractivity contribution in [2.45, 2.75) is 45.9 Å². The second kappa shape index (κ2) is 5.29. The summed E-state index contributed by atoms with van der Waals surface area (Å²) in [6.45, 7) is 6.78. The van der Waals surface area contributed by atoms with Gasteiger partial charge in [-0.15, -0.1) is 0 Å². The van der Waals surface area contributed by atoms with Crippen LogP contribution in [-0.2, 0) is 0 Å². The molecule has 3 unspecified atom stereocenters. The Labute approximate surface area is 107 Å². The number of aryl methyl sites for hydroxylation is 1. The molecule has 0 aromatic heterocycles. The van der Waals surface area contributed by atoms with Crippen LogP contribution in [0.2, 0.25) is 0 Å². The van der Waals surface area contributed by atoms with Gasteiger partial charge in [-0.05, 0) is 42.5 Å². The summed E-state index contributed by atoms with van der Waals surface area (Å²) >= 11 is 0. The first-order valence-electron chi connectivity index (χ1n) is 7.00. The second-order valence-electron chi connectivity index (χ2n) is 5.53. The van der Waals surface area contributed by atoms with Crippen molar-refractivity contribution in [2.75, 3.05) is 0 Å². The summed E-state index contributed by atoms with van der Waals surface area (Å²) in [6.07, 6.45) is 3.94. The molecule has 90 valence electrons. The number of benzene rings is 1. The van der Waals surface area contributed by atoms with Crippen LogP contribution >= 0.6 is 0 Å². The lowest BCUT2D eigenvalue weighted by Crippen LogP contribution is -2.40. The SMILES string of the molecule is [B]C(c1ccccc1C)C1C(CC)CC1CC. The molecule has 0 saturated heterocycles. The highest BCUT2D eigenvalue weighted by atomic mass is 14.4. The van der Waals surface area contributed by atoms with E-state index in [-0.39, 0.29) is 5.82 Å². The van der Waals surface area contributed by atoms with Gasteiger partial charge in [0.1, 0.15) is 0 Å². The summed E-state index contributed by atoms with van der Waals surface area (Å²) in [6, 6.07) is 8.59. The van der Waals surface area contributed by atoms with Gasteiger partial charge in [0.15, 0.2) is 0 Å². The molecule has 0 amide bonds. The second-order valence-corrected chi connectivity index (χ2v) is 5.53. The monoisotopic (exact) mass is 226 g/mol. The zero-order valence-corrected chi connectivity index (χ0v) is 11.3. The van der Waals surface area contributed by atoms with E-state index < -0.39 is 0 Å². The molecule has 0 N–H and O–H groups in total. The minimum Gasteiger partial charge on any atom is -0.0651 e. The van der Waals surface area contributed by atoms with Crippen molar-refractivity contribution in [2.24, 2.45) is 17.8 Å². The Bertz CT molecular complexity index is 362. The van der Waals surface area contributed by atoms with E-state index in [0.29, 0.717) is 5.92 Å². The summed E-state index contributed by atoms with van der Waals surface area (Å²) in [7, 11) is 6.53. The first kappa shape index (κ1) is 12.7. The average molecular weight is 226 g/mol. The third-order valence-corrected chi connectivity index (χ3v) is 4.71. The third-order valence-electron chi connectivity index (χ3n) is 4.71. The maximum Gasteiger partial charge on any atom is 0.0767 e. The van der Waals surface area contributed by atoms with Crippen molar-refractivity contribution in [3.05, 3.63) is 35.4 Å². The van der Waals surface area contributed by atoms with Crippen LogP contribution in [0, 0.1) is 24.7 Å². The molecule has 1 aliphatic rings. The van der Waals surface area contributed by atoms with Crippen molar-refractivity contribution in [3.8, 4) is 0 Å².